The molecule has 5 heteroatoms. The molecule has 0 unspecified atom stereocenters. The molecule has 1 rings (SSSR count). The molecule has 0 aromatic heterocycles. The van der Waals surface area contributed by atoms with E-state index < -0.39 is 0 Å². The molecular weight excluding hydrogens is 256 g/mol. The summed E-state index contributed by atoms with van der Waals surface area (Å²) in [5.41, 5.74) is 2.08. The van der Waals surface area contributed by atoms with Gasteiger partial charge in [0, 0.05) is 39.9 Å². The van der Waals surface area contributed by atoms with E-state index in [1.807, 2.05) is 25.1 Å². The van der Waals surface area contributed by atoms with E-state index >= 15 is 0 Å². The van der Waals surface area contributed by atoms with Crippen molar-refractivity contribution in [3.05, 3.63) is 29.3 Å². The fraction of sp³-hybridized carbons (Fsp3) is 0.533. The lowest BCUT2D eigenvalue weighted by Gasteiger charge is -2.16. The molecule has 1 aromatic rings. The first-order valence-electron chi connectivity index (χ1n) is 6.67. The Bertz CT molecular complexity index is 433. The van der Waals surface area contributed by atoms with Crippen molar-refractivity contribution in [2.24, 2.45) is 0 Å². The van der Waals surface area contributed by atoms with Crippen molar-refractivity contribution >= 4 is 5.91 Å². The molecule has 0 fully saturated rings. The van der Waals surface area contributed by atoms with E-state index in [-0.39, 0.29) is 12.5 Å². The fourth-order valence-corrected chi connectivity index (χ4v) is 1.72. The molecule has 112 valence electrons. The molecule has 0 aliphatic rings. The summed E-state index contributed by atoms with van der Waals surface area (Å²) in [5.74, 6) is 0.735. The summed E-state index contributed by atoms with van der Waals surface area (Å²) in [5, 5.41) is 3.28. The molecule has 1 aromatic carbocycles. The Kier molecular flexibility index (Phi) is 7.04. The molecule has 0 spiro atoms. The molecule has 1 amide bonds. The number of amides is 1. The van der Waals surface area contributed by atoms with Crippen LogP contribution in [0.5, 0.6) is 5.75 Å². The van der Waals surface area contributed by atoms with Crippen molar-refractivity contribution in [1.29, 1.82) is 0 Å². The Morgan fingerprint density at radius 2 is 2.10 bits per heavy atom. The molecule has 5 nitrogen and oxygen atoms in total. The lowest BCUT2D eigenvalue weighted by atomic mass is 10.1. The summed E-state index contributed by atoms with van der Waals surface area (Å²) in [6.07, 6.45) is 0. The van der Waals surface area contributed by atoms with Crippen LogP contribution >= 0.6 is 0 Å². The van der Waals surface area contributed by atoms with E-state index in [9.17, 15) is 4.79 Å². The van der Waals surface area contributed by atoms with Gasteiger partial charge >= 0.3 is 0 Å². The average Bonchev–Trinajstić information content (AvgIpc) is 2.42. The van der Waals surface area contributed by atoms with Gasteiger partial charge in [0.15, 0.2) is 6.61 Å². The number of nitrogens with zero attached hydrogens (tertiary/aromatic N) is 1. The molecule has 0 heterocycles. The molecule has 20 heavy (non-hydrogen) atoms. The van der Waals surface area contributed by atoms with Gasteiger partial charge in [-0.05, 0) is 12.5 Å². The number of likely N-dealkylation sites (N-methyl/N-ethyl adjacent to an activating group) is 1. The molecule has 0 atom stereocenters. The van der Waals surface area contributed by atoms with Crippen LogP contribution in [0.25, 0.3) is 0 Å². The van der Waals surface area contributed by atoms with Crippen LogP contribution in [0.3, 0.4) is 0 Å². The highest BCUT2D eigenvalue weighted by Crippen LogP contribution is 2.23. The summed E-state index contributed by atoms with van der Waals surface area (Å²) in [6.45, 7) is 4.18. The van der Waals surface area contributed by atoms with Gasteiger partial charge in [0.1, 0.15) is 5.75 Å². The number of para-hydroxylation sites is 1. The predicted molar refractivity (Wildman–Crippen MR) is 79.0 cm³/mol. The van der Waals surface area contributed by atoms with Gasteiger partial charge in [-0.1, -0.05) is 18.2 Å². The Hall–Kier alpha value is -1.59. The second-order valence-electron chi connectivity index (χ2n) is 4.81. The summed E-state index contributed by atoms with van der Waals surface area (Å²) in [6, 6.07) is 5.97. The van der Waals surface area contributed by atoms with Crippen molar-refractivity contribution in [2.75, 3.05) is 41.0 Å². The first-order valence-corrected chi connectivity index (χ1v) is 6.67. The summed E-state index contributed by atoms with van der Waals surface area (Å²) in [4.78, 5) is 13.1. The van der Waals surface area contributed by atoms with Gasteiger partial charge in [-0.25, -0.2) is 0 Å². The topological polar surface area (TPSA) is 50.8 Å². The predicted octanol–water partition coefficient (Wildman–Crippen LogP) is 1.20. The number of carbonyl (C=O) groups is 1. The smallest absolute Gasteiger partial charge is 0.259 e. The Balaban J connectivity index is 2.65. The van der Waals surface area contributed by atoms with Crippen LogP contribution in [0.15, 0.2) is 18.2 Å². The van der Waals surface area contributed by atoms with Gasteiger partial charge in [-0.3, -0.25) is 4.79 Å². The maximum atomic E-state index is 11.6. The van der Waals surface area contributed by atoms with Crippen molar-refractivity contribution in [1.82, 2.24) is 10.2 Å². The maximum Gasteiger partial charge on any atom is 0.259 e. The zero-order valence-corrected chi connectivity index (χ0v) is 12.7. The highest BCUT2D eigenvalue weighted by atomic mass is 16.5. The van der Waals surface area contributed by atoms with Gasteiger partial charge < -0.3 is 19.7 Å². The van der Waals surface area contributed by atoms with E-state index in [4.69, 9.17) is 9.47 Å². The molecule has 0 aliphatic heterocycles. The molecule has 1 N–H and O–H groups in total. The molecule has 0 saturated carbocycles. The minimum atomic E-state index is -0.0495. The minimum Gasteiger partial charge on any atom is -0.483 e. The largest absolute Gasteiger partial charge is 0.483 e. The van der Waals surface area contributed by atoms with Gasteiger partial charge in [-0.15, -0.1) is 0 Å². The third-order valence-electron chi connectivity index (χ3n) is 2.93. The number of aryl methyl sites for hydroxylation is 1. The maximum absolute atomic E-state index is 11.6. The van der Waals surface area contributed by atoms with Crippen LogP contribution in [0.1, 0.15) is 11.1 Å². The first kappa shape index (κ1) is 16.5. The van der Waals surface area contributed by atoms with Crippen molar-refractivity contribution in [3.8, 4) is 5.75 Å². The van der Waals surface area contributed by atoms with Gasteiger partial charge in [0.05, 0.1) is 6.61 Å². The summed E-state index contributed by atoms with van der Waals surface area (Å²) < 4.78 is 10.7. The average molecular weight is 280 g/mol. The van der Waals surface area contributed by atoms with E-state index in [2.05, 4.69) is 5.32 Å². The van der Waals surface area contributed by atoms with E-state index in [0.717, 1.165) is 23.4 Å². The fourth-order valence-electron chi connectivity index (χ4n) is 1.72. The lowest BCUT2D eigenvalue weighted by molar-refractivity contribution is -0.130. The van der Waals surface area contributed by atoms with Crippen LogP contribution in [-0.2, 0) is 16.1 Å². The van der Waals surface area contributed by atoms with Crippen molar-refractivity contribution < 1.29 is 14.3 Å². The van der Waals surface area contributed by atoms with E-state index in [1.165, 1.54) is 4.90 Å². The molecule has 0 saturated heterocycles. The number of benzene rings is 1. The van der Waals surface area contributed by atoms with Crippen molar-refractivity contribution in [2.45, 2.75) is 13.5 Å². The zero-order chi connectivity index (χ0) is 15.0. The number of methoxy groups -OCH3 is 1. The highest BCUT2D eigenvalue weighted by molar-refractivity contribution is 5.77. The molecular formula is C15H24N2O3. The zero-order valence-electron chi connectivity index (χ0n) is 12.7. The Morgan fingerprint density at radius 3 is 2.75 bits per heavy atom. The number of ether oxygens (including phenoxy) is 2. The molecule has 0 radical (unpaired) electrons. The third kappa shape index (κ3) is 5.19. The van der Waals surface area contributed by atoms with E-state index in [0.29, 0.717) is 13.2 Å². The van der Waals surface area contributed by atoms with Crippen LogP contribution in [0.4, 0.5) is 0 Å². The van der Waals surface area contributed by atoms with Gasteiger partial charge in [0.25, 0.3) is 5.91 Å². The Morgan fingerprint density at radius 1 is 1.35 bits per heavy atom. The standard InChI is InChI=1S/C15H24N2O3/c1-12-6-5-7-13(10-16-8-9-19-4)15(12)20-11-14(18)17(2)3/h5-7,16H,8-11H2,1-4H3. The van der Waals surface area contributed by atoms with Crippen LogP contribution < -0.4 is 10.1 Å². The highest BCUT2D eigenvalue weighted by Gasteiger charge is 2.10. The first-order chi connectivity index (χ1) is 9.56. The SMILES string of the molecule is COCCNCc1cccc(C)c1OCC(=O)N(C)C. The molecule has 0 bridgehead atoms. The van der Waals surface area contributed by atoms with Gasteiger partial charge in [0.2, 0.25) is 0 Å². The third-order valence-corrected chi connectivity index (χ3v) is 2.93. The number of rotatable bonds is 8. The number of hydrogen-bond acceptors (Lipinski definition) is 4. The second-order valence-corrected chi connectivity index (χ2v) is 4.81. The molecule has 0 aliphatic carbocycles. The summed E-state index contributed by atoms with van der Waals surface area (Å²) in [7, 11) is 5.11. The number of hydrogen-bond donors (Lipinski definition) is 1. The van der Waals surface area contributed by atoms with Crippen LogP contribution in [-0.4, -0.2) is 51.8 Å². The second kappa shape index (κ2) is 8.55. The normalized spacial score (nSPS) is 10.4. The monoisotopic (exact) mass is 280 g/mol. The Labute approximate surface area is 120 Å². The number of nitrogens with one attached hydrogen (secondary N) is 1. The van der Waals surface area contributed by atoms with Gasteiger partial charge in [-0.2, -0.15) is 0 Å². The van der Waals surface area contributed by atoms with Crippen LogP contribution in [0, 0.1) is 6.92 Å². The lowest BCUT2D eigenvalue weighted by Crippen LogP contribution is -2.28. The van der Waals surface area contributed by atoms with Crippen molar-refractivity contribution in [3.63, 3.8) is 0 Å². The minimum absolute atomic E-state index is 0.0495. The quantitative estimate of drug-likeness (QED) is 0.727. The summed E-state index contributed by atoms with van der Waals surface area (Å²) >= 11 is 0. The number of carbonyl (C=O) groups excluding carboxylic acids is 1. The van der Waals surface area contributed by atoms with Crippen LogP contribution in [0.2, 0.25) is 0 Å². The van der Waals surface area contributed by atoms with E-state index in [1.54, 1.807) is 21.2 Å².